The first-order valence-electron chi connectivity index (χ1n) is 6.14. The second-order valence-electron chi connectivity index (χ2n) is 5.48. The molecule has 0 radical (unpaired) electrons. The molecular formula is C15H20O4. The average molecular weight is 264 g/mol. The van der Waals surface area contributed by atoms with E-state index in [1.165, 1.54) is 0 Å². The maximum Gasteiger partial charge on any atom is 0.341 e. The molecule has 0 fully saturated rings. The molecule has 0 aliphatic carbocycles. The molecule has 0 atom stereocenters. The number of benzene rings is 1. The lowest BCUT2D eigenvalue weighted by Crippen LogP contribution is -2.24. The second kappa shape index (κ2) is 5.87. The van der Waals surface area contributed by atoms with Gasteiger partial charge in [-0.25, -0.2) is 4.79 Å². The molecule has 0 aromatic heterocycles. The monoisotopic (exact) mass is 264 g/mol. The molecule has 1 aromatic rings. The van der Waals surface area contributed by atoms with E-state index in [4.69, 9.17) is 9.47 Å². The number of ether oxygens (including phenoxy) is 2. The quantitative estimate of drug-likeness (QED) is 0.622. The van der Waals surface area contributed by atoms with Crippen LogP contribution in [-0.4, -0.2) is 18.7 Å². The van der Waals surface area contributed by atoms with E-state index < -0.39 is 17.4 Å². The number of hydrogen-bond donors (Lipinski definition) is 0. The van der Waals surface area contributed by atoms with Crippen LogP contribution < -0.4 is 0 Å². The topological polar surface area (TPSA) is 52.6 Å². The van der Waals surface area contributed by atoms with Crippen LogP contribution in [0.4, 0.5) is 0 Å². The van der Waals surface area contributed by atoms with Crippen molar-refractivity contribution in [3.8, 4) is 0 Å². The summed E-state index contributed by atoms with van der Waals surface area (Å²) in [6.45, 7) is 8.63. The van der Waals surface area contributed by atoms with Gasteiger partial charge in [0.05, 0.1) is 11.0 Å². The molecule has 0 saturated carbocycles. The van der Waals surface area contributed by atoms with Crippen LogP contribution in [0.15, 0.2) is 18.2 Å². The summed E-state index contributed by atoms with van der Waals surface area (Å²) in [7, 11) is 0. The third kappa shape index (κ3) is 4.09. The van der Waals surface area contributed by atoms with Gasteiger partial charge in [0.2, 0.25) is 6.79 Å². The van der Waals surface area contributed by atoms with Gasteiger partial charge in [0.15, 0.2) is 0 Å². The lowest BCUT2D eigenvalue weighted by atomic mass is 9.98. The minimum atomic E-state index is -0.605. The standard InChI is InChI=1S/C15H20O4/c1-10-7-6-8-12(11(10)2)13(16)18-9-19-14(17)15(3,4)5/h6-8H,9H2,1-5H3. The Hall–Kier alpha value is -1.84. The zero-order valence-corrected chi connectivity index (χ0v) is 12.1. The summed E-state index contributed by atoms with van der Waals surface area (Å²) in [6, 6.07) is 5.40. The predicted molar refractivity (Wildman–Crippen MR) is 71.7 cm³/mol. The van der Waals surface area contributed by atoms with E-state index in [-0.39, 0.29) is 6.79 Å². The van der Waals surface area contributed by atoms with Gasteiger partial charge in [0.1, 0.15) is 0 Å². The van der Waals surface area contributed by atoms with Gasteiger partial charge in [0, 0.05) is 0 Å². The van der Waals surface area contributed by atoms with E-state index in [0.29, 0.717) is 5.56 Å². The summed E-state index contributed by atoms with van der Waals surface area (Å²) in [5.74, 6) is -0.885. The molecule has 1 rings (SSSR count). The Kier molecular flexibility index (Phi) is 4.70. The van der Waals surface area contributed by atoms with Gasteiger partial charge < -0.3 is 9.47 Å². The fourth-order valence-electron chi connectivity index (χ4n) is 1.40. The highest BCUT2D eigenvalue weighted by Gasteiger charge is 2.23. The van der Waals surface area contributed by atoms with Crippen molar-refractivity contribution in [1.82, 2.24) is 0 Å². The second-order valence-corrected chi connectivity index (χ2v) is 5.48. The molecule has 104 valence electrons. The van der Waals surface area contributed by atoms with Crippen LogP contribution in [-0.2, 0) is 14.3 Å². The van der Waals surface area contributed by atoms with Crippen molar-refractivity contribution in [3.05, 3.63) is 34.9 Å². The Morgan fingerprint density at radius 1 is 1.11 bits per heavy atom. The van der Waals surface area contributed by atoms with Gasteiger partial charge in [0.25, 0.3) is 0 Å². The molecule has 4 heteroatoms. The fourth-order valence-corrected chi connectivity index (χ4v) is 1.40. The maximum absolute atomic E-state index is 11.8. The number of rotatable bonds is 3. The van der Waals surface area contributed by atoms with E-state index in [0.717, 1.165) is 11.1 Å². The summed E-state index contributed by atoms with van der Waals surface area (Å²) in [5.41, 5.74) is 1.77. The van der Waals surface area contributed by atoms with Crippen molar-refractivity contribution in [2.24, 2.45) is 5.41 Å². The minimum absolute atomic E-state index is 0.359. The predicted octanol–water partition coefficient (Wildman–Crippen LogP) is 3.01. The molecule has 0 bridgehead atoms. The van der Waals surface area contributed by atoms with Gasteiger partial charge in [-0.1, -0.05) is 12.1 Å². The van der Waals surface area contributed by atoms with Gasteiger partial charge >= 0.3 is 11.9 Å². The number of hydrogen-bond acceptors (Lipinski definition) is 4. The van der Waals surface area contributed by atoms with E-state index >= 15 is 0 Å². The summed E-state index contributed by atoms with van der Waals surface area (Å²) >= 11 is 0. The molecule has 0 aliphatic heterocycles. The molecular weight excluding hydrogens is 244 g/mol. The van der Waals surface area contributed by atoms with E-state index in [1.54, 1.807) is 32.9 Å². The number of aryl methyl sites for hydroxylation is 1. The van der Waals surface area contributed by atoms with Crippen LogP contribution in [0, 0.1) is 19.3 Å². The van der Waals surface area contributed by atoms with E-state index in [2.05, 4.69) is 0 Å². The van der Waals surface area contributed by atoms with Crippen molar-refractivity contribution in [2.75, 3.05) is 6.79 Å². The zero-order chi connectivity index (χ0) is 14.6. The van der Waals surface area contributed by atoms with Crippen LogP contribution in [0.1, 0.15) is 42.3 Å². The van der Waals surface area contributed by atoms with Crippen molar-refractivity contribution in [2.45, 2.75) is 34.6 Å². The zero-order valence-electron chi connectivity index (χ0n) is 12.1. The number of esters is 2. The Morgan fingerprint density at radius 3 is 2.32 bits per heavy atom. The first-order valence-corrected chi connectivity index (χ1v) is 6.14. The van der Waals surface area contributed by atoms with Gasteiger partial charge in [-0.3, -0.25) is 4.79 Å². The molecule has 0 heterocycles. The molecule has 0 spiro atoms. The molecule has 0 unspecified atom stereocenters. The van der Waals surface area contributed by atoms with Crippen molar-refractivity contribution < 1.29 is 19.1 Å². The maximum atomic E-state index is 11.8. The van der Waals surface area contributed by atoms with Crippen LogP contribution >= 0.6 is 0 Å². The Labute approximate surface area is 113 Å². The highest BCUT2D eigenvalue weighted by Crippen LogP contribution is 2.16. The third-order valence-electron chi connectivity index (χ3n) is 2.82. The lowest BCUT2D eigenvalue weighted by molar-refractivity contribution is -0.161. The van der Waals surface area contributed by atoms with Gasteiger partial charge in [-0.05, 0) is 51.8 Å². The third-order valence-corrected chi connectivity index (χ3v) is 2.82. The molecule has 0 aliphatic rings. The normalized spacial score (nSPS) is 11.0. The Morgan fingerprint density at radius 2 is 1.74 bits per heavy atom. The number of carbonyl (C=O) groups excluding carboxylic acids is 2. The first kappa shape index (κ1) is 15.2. The van der Waals surface area contributed by atoms with Gasteiger partial charge in [-0.15, -0.1) is 0 Å². The number of carbonyl (C=O) groups is 2. The van der Waals surface area contributed by atoms with E-state index in [1.807, 2.05) is 19.9 Å². The highest BCUT2D eigenvalue weighted by molar-refractivity contribution is 5.91. The van der Waals surface area contributed by atoms with Crippen LogP contribution in [0.3, 0.4) is 0 Å². The van der Waals surface area contributed by atoms with Crippen LogP contribution in [0.25, 0.3) is 0 Å². The van der Waals surface area contributed by atoms with Crippen molar-refractivity contribution >= 4 is 11.9 Å². The largest absolute Gasteiger partial charge is 0.427 e. The summed E-state index contributed by atoms with van der Waals surface area (Å²) in [4.78, 5) is 23.3. The lowest BCUT2D eigenvalue weighted by Gasteiger charge is -2.16. The fraction of sp³-hybridized carbons (Fsp3) is 0.467. The molecule has 1 aromatic carbocycles. The van der Waals surface area contributed by atoms with Gasteiger partial charge in [-0.2, -0.15) is 0 Å². The SMILES string of the molecule is Cc1cccc(C(=O)OCOC(=O)C(C)(C)C)c1C. The van der Waals surface area contributed by atoms with Crippen molar-refractivity contribution in [3.63, 3.8) is 0 Å². The summed E-state index contributed by atoms with van der Waals surface area (Å²) < 4.78 is 9.83. The smallest absolute Gasteiger partial charge is 0.341 e. The van der Waals surface area contributed by atoms with E-state index in [9.17, 15) is 9.59 Å². The minimum Gasteiger partial charge on any atom is -0.427 e. The molecule has 0 N–H and O–H groups in total. The molecule has 4 nitrogen and oxygen atoms in total. The van der Waals surface area contributed by atoms with Crippen molar-refractivity contribution in [1.29, 1.82) is 0 Å². The molecule has 19 heavy (non-hydrogen) atoms. The highest BCUT2D eigenvalue weighted by atomic mass is 16.7. The Balaban J connectivity index is 2.58. The van der Waals surface area contributed by atoms with Crippen LogP contribution in [0.2, 0.25) is 0 Å². The van der Waals surface area contributed by atoms with Crippen LogP contribution in [0.5, 0.6) is 0 Å². The molecule has 0 saturated heterocycles. The average Bonchev–Trinajstić information content (AvgIpc) is 2.31. The first-order chi connectivity index (χ1) is 8.73. The Bertz CT molecular complexity index is 483. The summed E-state index contributed by atoms with van der Waals surface area (Å²) in [5, 5.41) is 0. The summed E-state index contributed by atoms with van der Waals surface area (Å²) in [6.07, 6.45) is 0. The molecule has 0 amide bonds.